The molecule has 1 saturated heterocycles. The van der Waals surface area contributed by atoms with E-state index in [0.717, 1.165) is 64.3 Å². The van der Waals surface area contributed by atoms with Crippen molar-refractivity contribution in [1.29, 1.82) is 0 Å². The van der Waals surface area contributed by atoms with E-state index in [1.54, 1.807) is 14.2 Å². The van der Waals surface area contributed by atoms with Gasteiger partial charge in [0.1, 0.15) is 22.7 Å². The van der Waals surface area contributed by atoms with E-state index in [4.69, 9.17) is 29.9 Å². The molecule has 3 aromatic heterocycles. The monoisotopic (exact) mass is 648 g/mol. The summed E-state index contributed by atoms with van der Waals surface area (Å²) in [6.45, 7) is 1.52. The zero-order chi connectivity index (χ0) is 33.3. The second-order valence-corrected chi connectivity index (χ2v) is 13.4. The van der Waals surface area contributed by atoms with Crippen LogP contribution in [0.25, 0.3) is 44.8 Å². The first-order valence-electron chi connectivity index (χ1n) is 16.6. The molecule has 1 amide bonds. The number of pyridine rings is 1. The molecule has 2 aromatic carbocycles. The van der Waals surface area contributed by atoms with Gasteiger partial charge in [0.2, 0.25) is 0 Å². The summed E-state index contributed by atoms with van der Waals surface area (Å²) in [5.41, 5.74) is 12.6. The third-order valence-corrected chi connectivity index (χ3v) is 10.6. The van der Waals surface area contributed by atoms with Gasteiger partial charge >= 0.3 is 5.97 Å². The second kappa shape index (κ2) is 11.7. The summed E-state index contributed by atoms with van der Waals surface area (Å²) < 4.78 is 20.9. The predicted octanol–water partition coefficient (Wildman–Crippen LogP) is 4.96. The maximum Gasteiger partial charge on any atom is 0.310 e. The van der Waals surface area contributed by atoms with E-state index in [0.29, 0.717) is 41.0 Å². The maximum absolute atomic E-state index is 13.8. The van der Waals surface area contributed by atoms with Gasteiger partial charge in [0.25, 0.3) is 5.91 Å². The quantitative estimate of drug-likeness (QED) is 0.222. The Hall–Kier alpha value is -4.90. The molecule has 11 nitrogen and oxygen atoms in total. The van der Waals surface area contributed by atoms with E-state index in [2.05, 4.69) is 16.7 Å². The number of piperidine rings is 1. The van der Waals surface area contributed by atoms with Gasteiger partial charge < -0.3 is 34.0 Å². The van der Waals surface area contributed by atoms with Crippen molar-refractivity contribution in [3.8, 4) is 34.3 Å². The molecule has 3 fully saturated rings. The summed E-state index contributed by atoms with van der Waals surface area (Å²) in [6, 6.07) is 15.8. The second-order valence-electron chi connectivity index (χ2n) is 13.4. The summed E-state index contributed by atoms with van der Waals surface area (Å²) in [6.07, 6.45) is 4.49. The summed E-state index contributed by atoms with van der Waals surface area (Å²) in [4.78, 5) is 38.2. The van der Waals surface area contributed by atoms with Crippen molar-refractivity contribution in [2.45, 2.75) is 50.7 Å². The van der Waals surface area contributed by atoms with Gasteiger partial charge in [-0.25, -0.2) is 9.97 Å². The minimum Gasteiger partial charge on any atom is -0.496 e. The number of nitrogens with zero attached hydrogens (tertiary/aromatic N) is 5. The number of carbonyl (C=O) groups is 2. The molecular weight excluding hydrogens is 608 g/mol. The van der Waals surface area contributed by atoms with Crippen LogP contribution in [0.2, 0.25) is 0 Å². The predicted molar refractivity (Wildman–Crippen MR) is 182 cm³/mol. The van der Waals surface area contributed by atoms with Crippen LogP contribution in [0.1, 0.15) is 41.6 Å². The topological polar surface area (TPSA) is 127 Å². The average molecular weight is 649 g/mol. The van der Waals surface area contributed by atoms with Gasteiger partial charge in [0, 0.05) is 54.3 Å². The number of likely N-dealkylation sites (tertiary alicyclic amines) is 1. The van der Waals surface area contributed by atoms with Gasteiger partial charge in [0.05, 0.1) is 44.7 Å². The number of methoxy groups -OCH3 is 3. The van der Waals surface area contributed by atoms with Crippen LogP contribution in [0.4, 0.5) is 0 Å². The Kier molecular flexibility index (Phi) is 7.39. The largest absolute Gasteiger partial charge is 0.496 e. The van der Waals surface area contributed by atoms with Crippen molar-refractivity contribution in [3.05, 3.63) is 59.7 Å². The molecule has 2 N–H and O–H groups in total. The molecule has 11 heteroatoms. The Morgan fingerprint density at radius 2 is 1.81 bits per heavy atom. The number of para-hydroxylation sites is 1. The first-order chi connectivity index (χ1) is 23.3. The summed E-state index contributed by atoms with van der Waals surface area (Å²) >= 11 is 0. The molecule has 4 heterocycles. The van der Waals surface area contributed by atoms with Crippen molar-refractivity contribution in [2.75, 3.05) is 27.9 Å². The van der Waals surface area contributed by atoms with Crippen LogP contribution in [-0.2, 0) is 29.5 Å². The van der Waals surface area contributed by atoms with Gasteiger partial charge in [-0.05, 0) is 73.9 Å². The van der Waals surface area contributed by atoms with Crippen LogP contribution >= 0.6 is 0 Å². The van der Waals surface area contributed by atoms with E-state index in [1.807, 2.05) is 52.9 Å². The molecule has 2 bridgehead atoms. The Morgan fingerprint density at radius 1 is 0.979 bits per heavy atom. The zero-order valence-corrected chi connectivity index (χ0v) is 27.7. The highest BCUT2D eigenvalue weighted by molar-refractivity contribution is 6.00. The SMILES string of the molecule is COC(=O)Cc1cccc(-c2ccc3cc(-c4nc5cc(C(=O)N6CC7CCC6[C@@H]7N)cc(OC)c5n4C)n(CC4CC4)c3n2)c1OC. The Balaban J connectivity index is 1.23. The van der Waals surface area contributed by atoms with Crippen molar-refractivity contribution in [3.63, 3.8) is 0 Å². The fraction of sp³-hybridized carbons (Fsp3) is 0.405. The molecule has 8 rings (SSSR count). The van der Waals surface area contributed by atoms with E-state index in [1.165, 1.54) is 20.0 Å². The van der Waals surface area contributed by atoms with Gasteiger partial charge in [-0.1, -0.05) is 12.1 Å². The number of aromatic nitrogens is 4. The molecule has 2 saturated carbocycles. The molecule has 0 spiro atoms. The van der Waals surface area contributed by atoms with Gasteiger partial charge in [0.15, 0.2) is 5.82 Å². The smallest absolute Gasteiger partial charge is 0.310 e. The van der Waals surface area contributed by atoms with Crippen LogP contribution in [0.15, 0.2) is 48.5 Å². The van der Waals surface area contributed by atoms with Crippen LogP contribution in [0.5, 0.6) is 11.5 Å². The molecule has 2 unspecified atom stereocenters. The zero-order valence-electron chi connectivity index (χ0n) is 27.7. The molecule has 1 aliphatic heterocycles. The molecule has 3 aliphatic rings. The first kappa shape index (κ1) is 30.4. The number of rotatable bonds is 9. The third kappa shape index (κ3) is 4.90. The van der Waals surface area contributed by atoms with Crippen molar-refractivity contribution < 1.29 is 23.8 Å². The lowest BCUT2D eigenvalue weighted by Gasteiger charge is -2.27. The van der Waals surface area contributed by atoms with E-state index in [9.17, 15) is 9.59 Å². The number of hydrogen-bond acceptors (Lipinski definition) is 8. The highest BCUT2D eigenvalue weighted by atomic mass is 16.5. The fourth-order valence-electron chi connectivity index (χ4n) is 7.87. The summed E-state index contributed by atoms with van der Waals surface area (Å²) in [5.74, 6) is 2.57. The number of aryl methyl sites for hydroxylation is 1. The molecule has 5 aromatic rings. The number of esters is 1. The molecule has 3 atom stereocenters. The summed E-state index contributed by atoms with van der Waals surface area (Å²) in [5, 5.41) is 0.995. The van der Waals surface area contributed by atoms with Crippen molar-refractivity contribution in [2.24, 2.45) is 24.6 Å². The number of hydrogen-bond donors (Lipinski definition) is 1. The van der Waals surface area contributed by atoms with Crippen LogP contribution in [0.3, 0.4) is 0 Å². The molecule has 248 valence electrons. The van der Waals surface area contributed by atoms with Crippen molar-refractivity contribution >= 4 is 33.9 Å². The number of nitrogens with two attached hydrogens (primary N) is 1. The minimum atomic E-state index is -0.334. The normalized spacial score (nSPS) is 20.2. The first-order valence-corrected chi connectivity index (χ1v) is 16.6. The minimum absolute atomic E-state index is 0.0179. The highest BCUT2D eigenvalue weighted by Gasteiger charge is 2.47. The highest BCUT2D eigenvalue weighted by Crippen LogP contribution is 2.41. The number of ether oxygens (including phenoxy) is 3. The van der Waals surface area contributed by atoms with Crippen LogP contribution < -0.4 is 15.2 Å². The van der Waals surface area contributed by atoms with E-state index in [-0.39, 0.29) is 30.4 Å². The van der Waals surface area contributed by atoms with E-state index >= 15 is 0 Å². The van der Waals surface area contributed by atoms with Gasteiger partial charge in [-0.15, -0.1) is 0 Å². The third-order valence-electron chi connectivity index (χ3n) is 10.6. The molecular formula is C37H40N6O5. The number of fused-ring (bicyclic) bond motifs is 4. The number of amides is 1. The number of carbonyl (C=O) groups excluding carboxylic acids is 2. The fourth-order valence-corrected chi connectivity index (χ4v) is 7.87. The average Bonchev–Trinajstić information content (AvgIpc) is 3.51. The standard InChI is InChI=1S/C37H40N6O5/c1-41-33-27(14-24(16-30(33)46-2)37(45)43-19-23-11-13-28(43)32(23)38)40-36(41)29-15-22-10-12-26(39-35(22)42(29)18-20-8-9-20)25-7-5-6-21(34(25)48-4)17-31(44)47-3/h5-7,10,12,14-16,20,23,28,32H,8-9,11,13,17-19,38H2,1-4H3/t23?,28?,32-/m1/s1. The Bertz CT molecular complexity index is 2100. The Morgan fingerprint density at radius 3 is 2.50 bits per heavy atom. The Labute approximate surface area is 278 Å². The molecule has 48 heavy (non-hydrogen) atoms. The summed E-state index contributed by atoms with van der Waals surface area (Å²) in [7, 11) is 6.61. The lowest BCUT2D eigenvalue weighted by molar-refractivity contribution is -0.139. The van der Waals surface area contributed by atoms with Crippen LogP contribution in [0, 0.1) is 11.8 Å². The lowest BCUT2D eigenvalue weighted by Crippen LogP contribution is -2.41. The number of benzene rings is 2. The lowest BCUT2D eigenvalue weighted by atomic mass is 10.0. The molecule has 2 aliphatic carbocycles. The van der Waals surface area contributed by atoms with E-state index < -0.39 is 0 Å². The van der Waals surface area contributed by atoms with Crippen molar-refractivity contribution in [1.82, 2.24) is 24.0 Å². The van der Waals surface area contributed by atoms with Crippen LogP contribution in [-0.4, -0.2) is 75.8 Å². The van der Waals surface area contributed by atoms with Gasteiger partial charge in [-0.3, -0.25) is 9.59 Å². The van der Waals surface area contributed by atoms with Gasteiger partial charge in [-0.2, -0.15) is 0 Å². The maximum atomic E-state index is 13.8. The molecule has 0 radical (unpaired) electrons. The number of imidazole rings is 1.